The lowest BCUT2D eigenvalue weighted by atomic mass is 10.1. The Morgan fingerprint density at radius 1 is 1.36 bits per heavy atom. The molecule has 0 bridgehead atoms. The third-order valence-corrected chi connectivity index (χ3v) is 4.23. The summed E-state index contributed by atoms with van der Waals surface area (Å²) >= 11 is 12.2. The van der Waals surface area contributed by atoms with Gasteiger partial charge in [-0.2, -0.15) is 0 Å². The van der Waals surface area contributed by atoms with Crippen molar-refractivity contribution < 1.29 is 0 Å². The summed E-state index contributed by atoms with van der Waals surface area (Å²) in [6.07, 6.45) is 2.60. The average Bonchev–Trinajstić information content (AvgIpc) is 3.01. The van der Waals surface area contributed by atoms with Crippen LogP contribution in [0.1, 0.15) is 31.3 Å². The predicted molar refractivity (Wildman–Crippen MR) is 114 cm³/mol. The van der Waals surface area contributed by atoms with E-state index in [4.69, 9.17) is 23.2 Å². The van der Waals surface area contributed by atoms with Crippen molar-refractivity contribution in [3.63, 3.8) is 0 Å². The monoisotopic (exact) mass is 496 g/mol. The van der Waals surface area contributed by atoms with Gasteiger partial charge >= 0.3 is 0 Å². The molecule has 2 N–H and O–H groups in total. The molecule has 0 saturated heterocycles. The van der Waals surface area contributed by atoms with Crippen molar-refractivity contribution in [2.75, 3.05) is 13.6 Å². The number of halogens is 3. The van der Waals surface area contributed by atoms with Gasteiger partial charge in [0.05, 0.1) is 6.04 Å². The molecular formula is C16H23Cl2IN6. The fourth-order valence-corrected chi connectivity index (χ4v) is 2.94. The Morgan fingerprint density at radius 3 is 2.76 bits per heavy atom. The van der Waals surface area contributed by atoms with Crippen LogP contribution in [-0.2, 0) is 13.0 Å². The van der Waals surface area contributed by atoms with Crippen molar-refractivity contribution in [3.05, 3.63) is 46.0 Å². The summed E-state index contributed by atoms with van der Waals surface area (Å²) in [6.45, 7) is 5.57. The molecule has 138 valence electrons. The zero-order chi connectivity index (χ0) is 17.5. The first kappa shape index (κ1) is 22.0. The molecule has 2 rings (SSSR count). The van der Waals surface area contributed by atoms with E-state index >= 15 is 0 Å². The van der Waals surface area contributed by atoms with Crippen LogP contribution in [0.3, 0.4) is 0 Å². The highest BCUT2D eigenvalue weighted by molar-refractivity contribution is 14.0. The number of guanidine groups is 1. The van der Waals surface area contributed by atoms with Gasteiger partial charge in [-0.15, -0.1) is 34.2 Å². The quantitative estimate of drug-likeness (QED) is 0.363. The molecule has 1 aromatic carbocycles. The van der Waals surface area contributed by atoms with Crippen LogP contribution in [0.15, 0.2) is 29.5 Å². The fourth-order valence-electron chi connectivity index (χ4n) is 2.36. The molecule has 9 heteroatoms. The highest BCUT2D eigenvalue weighted by atomic mass is 127. The zero-order valence-corrected chi connectivity index (χ0v) is 18.3. The number of aliphatic imine (C=N–C) groups is 1. The third-order valence-electron chi connectivity index (χ3n) is 3.66. The zero-order valence-electron chi connectivity index (χ0n) is 14.5. The number of hydrogen-bond acceptors (Lipinski definition) is 3. The minimum atomic E-state index is 0. The van der Waals surface area contributed by atoms with E-state index in [1.807, 2.05) is 23.6 Å². The number of nitrogens with zero attached hydrogens (tertiary/aromatic N) is 4. The first-order chi connectivity index (χ1) is 11.5. The van der Waals surface area contributed by atoms with Crippen LogP contribution in [0.4, 0.5) is 0 Å². The summed E-state index contributed by atoms with van der Waals surface area (Å²) < 4.78 is 2.03. The van der Waals surface area contributed by atoms with Gasteiger partial charge in [0.2, 0.25) is 0 Å². The first-order valence-electron chi connectivity index (χ1n) is 7.84. The Labute approximate surface area is 175 Å². The smallest absolute Gasteiger partial charge is 0.191 e. The second-order valence-corrected chi connectivity index (χ2v) is 6.17. The molecule has 0 saturated carbocycles. The summed E-state index contributed by atoms with van der Waals surface area (Å²) in [5, 5.41) is 15.9. The van der Waals surface area contributed by atoms with Gasteiger partial charge in [-0.3, -0.25) is 4.99 Å². The molecule has 1 unspecified atom stereocenters. The van der Waals surface area contributed by atoms with Gasteiger partial charge in [0.25, 0.3) is 0 Å². The maximum absolute atomic E-state index is 6.25. The summed E-state index contributed by atoms with van der Waals surface area (Å²) in [5.41, 5.74) is 0.969. The molecule has 0 aliphatic heterocycles. The standard InChI is InChI=1S/C16H22Cl2N6.HI/c1-4-15-23-21-10-24(15)8-7-20-16(19-3)22-11(2)13-6-5-12(17)9-14(13)18;/h5-6,9-11H,4,7-8H2,1-3H3,(H2,19,20,22);1H. The number of hydrogen-bond donors (Lipinski definition) is 2. The van der Waals surface area contributed by atoms with Crippen molar-refractivity contribution in [2.45, 2.75) is 32.9 Å². The van der Waals surface area contributed by atoms with Gasteiger partial charge < -0.3 is 15.2 Å². The highest BCUT2D eigenvalue weighted by Gasteiger charge is 2.11. The molecule has 0 radical (unpaired) electrons. The lowest BCUT2D eigenvalue weighted by molar-refractivity contribution is 0.620. The molecule has 0 aliphatic rings. The lowest BCUT2D eigenvalue weighted by Gasteiger charge is -2.19. The van der Waals surface area contributed by atoms with E-state index in [2.05, 4.69) is 32.7 Å². The summed E-state index contributed by atoms with van der Waals surface area (Å²) in [4.78, 5) is 4.25. The van der Waals surface area contributed by atoms with Crippen molar-refractivity contribution in [1.82, 2.24) is 25.4 Å². The van der Waals surface area contributed by atoms with Crippen molar-refractivity contribution in [3.8, 4) is 0 Å². The Morgan fingerprint density at radius 2 is 2.12 bits per heavy atom. The van der Waals surface area contributed by atoms with Gasteiger partial charge in [-0.1, -0.05) is 36.2 Å². The average molecular weight is 497 g/mol. The molecule has 0 fully saturated rings. The molecule has 0 amide bonds. The van der Waals surface area contributed by atoms with E-state index in [1.165, 1.54) is 0 Å². The second kappa shape index (κ2) is 10.8. The van der Waals surface area contributed by atoms with E-state index in [9.17, 15) is 0 Å². The van der Waals surface area contributed by atoms with E-state index in [0.29, 0.717) is 22.5 Å². The molecule has 1 atom stereocenters. The molecular weight excluding hydrogens is 474 g/mol. The lowest BCUT2D eigenvalue weighted by Crippen LogP contribution is -2.40. The highest BCUT2D eigenvalue weighted by Crippen LogP contribution is 2.25. The summed E-state index contributed by atoms with van der Waals surface area (Å²) in [7, 11) is 1.74. The van der Waals surface area contributed by atoms with Crippen molar-refractivity contribution >= 4 is 53.1 Å². The Hall–Kier alpha value is -1.06. The van der Waals surface area contributed by atoms with E-state index in [1.54, 1.807) is 19.4 Å². The van der Waals surface area contributed by atoms with Gasteiger partial charge in [-0.25, -0.2) is 0 Å². The number of aryl methyl sites for hydroxylation is 1. The van der Waals surface area contributed by atoms with Crippen molar-refractivity contribution in [2.24, 2.45) is 4.99 Å². The second-order valence-electron chi connectivity index (χ2n) is 5.32. The number of rotatable bonds is 6. The Balaban J connectivity index is 0.00000312. The Bertz CT molecular complexity index is 704. The van der Waals surface area contributed by atoms with Crippen LogP contribution in [0.2, 0.25) is 10.0 Å². The molecule has 6 nitrogen and oxygen atoms in total. The van der Waals surface area contributed by atoms with Crippen LogP contribution < -0.4 is 10.6 Å². The summed E-state index contributed by atoms with van der Waals surface area (Å²) in [5.74, 6) is 1.68. The van der Waals surface area contributed by atoms with E-state index in [0.717, 1.165) is 24.4 Å². The van der Waals surface area contributed by atoms with Gasteiger partial charge in [0.15, 0.2) is 5.96 Å². The van der Waals surface area contributed by atoms with E-state index < -0.39 is 0 Å². The normalized spacial score (nSPS) is 12.4. The maximum Gasteiger partial charge on any atom is 0.191 e. The maximum atomic E-state index is 6.25. The van der Waals surface area contributed by atoms with Crippen LogP contribution in [0, 0.1) is 0 Å². The largest absolute Gasteiger partial charge is 0.355 e. The third kappa shape index (κ3) is 6.31. The molecule has 1 aromatic heterocycles. The molecule has 25 heavy (non-hydrogen) atoms. The number of aromatic nitrogens is 3. The minimum absolute atomic E-state index is 0. The van der Waals surface area contributed by atoms with E-state index in [-0.39, 0.29) is 30.0 Å². The molecule has 2 aromatic rings. The van der Waals surface area contributed by atoms with Crippen LogP contribution >= 0.6 is 47.2 Å². The van der Waals surface area contributed by atoms with Gasteiger partial charge in [-0.05, 0) is 24.6 Å². The topological polar surface area (TPSA) is 67.1 Å². The van der Waals surface area contributed by atoms with Crippen LogP contribution in [0.25, 0.3) is 0 Å². The number of nitrogens with one attached hydrogen (secondary N) is 2. The minimum Gasteiger partial charge on any atom is -0.355 e. The SMILES string of the molecule is CCc1nncn1CCNC(=NC)NC(C)c1ccc(Cl)cc1Cl.I. The molecule has 0 spiro atoms. The Kier molecular flexibility index (Phi) is 9.52. The molecule has 1 heterocycles. The van der Waals surface area contributed by atoms with Crippen LogP contribution in [0.5, 0.6) is 0 Å². The summed E-state index contributed by atoms with van der Waals surface area (Å²) in [6, 6.07) is 5.49. The van der Waals surface area contributed by atoms with Crippen LogP contribution in [-0.4, -0.2) is 34.3 Å². The van der Waals surface area contributed by atoms with Crippen molar-refractivity contribution in [1.29, 1.82) is 0 Å². The predicted octanol–water partition coefficient (Wildman–Crippen LogP) is 3.69. The first-order valence-corrected chi connectivity index (χ1v) is 8.59. The fraction of sp³-hybridized carbons (Fsp3) is 0.438. The molecule has 0 aliphatic carbocycles. The van der Waals surface area contributed by atoms with Gasteiger partial charge in [0, 0.05) is 36.6 Å². The number of benzene rings is 1. The van der Waals surface area contributed by atoms with Gasteiger partial charge in [0.1, 0.15) is 12.2 Å².